The highest BCUT2D eigenvalue weighted by Gasteiger charge is 2.36. The fourth-order valence-electron chi connectivity index (χ4n) is 4.20. The van der Waals surface area contributed by atoms with E-state index in [1.165, 1.54) is 35.4 Å². The molecule has 1 atom stereocenters. The molecule has 1 aliphatic rings. The number of aromatic amines is 1. The van der Waals surface area contributed by atoms with Gasteiger partial charge in [-0.15, -0.1) is 13.2 Å². The minimum Gasteiger partial charge on any atom is -0.405 e. The lowest BCUT2D eigenvalue weighted by molar-refractivity contribution is -0.274. The van der Waals surface area contributed by atoms with E-state index < -0.39 is 18.2 Å². The lowest BCUT2D eigenvalue weighted by Gasteiger charge is -2.24. The highest BCUT2D eigenvalue weighted by Crippen LogP contribution is 2.36. The van der Waals surface area contributed by atoms with Gasteiger partial charge in [-0.25, -0.2) is 4.98 Å². The SMILES string of the molecule is Cc1cc(-n2nccn2)c(C(=O)N2CCC[C@H]2c2nc(-c3ccccc3OC(F)(F)F)n[nH]2)cc1Cl. The third-order valence-corrected chi connectivity index (χ3v) is 6.23. The van der Waals surface area contributed by atoms with Gasteiger partial charge in [-0.1, -0.05) is 23.7 Å². The predicted molar refractivity (Wildman–Crippen MR) is 123 cm³/mol. The van der Waals surface area contributed by atoms with Crippen LogP contribution in [0.15, 0.2) is 48.8 Å². The number of H-pyrrole nitrogens is 1. The first-order valence-electron chi connectivity index (χ1n) is 11.0. The van der Waals surface area contributed by atoms with E-state index in [1.807, 2.05) is 6.92 Å². The van der Waals surface area contributed by atoms with Gasteiger partial charge in [0.15, 0.2) is 5.82 Å². The Kier molecular flexibility index (Phi) is 6.12. The topological polar surface area (TPSA) is 102 Å². The lowest BCUT2D eigenvalue weighted by atomic mass is 10.1. The zero-order chi connectivity index (χ0) is 25.4. The van der Waals surface area contributed by atoms with Gasteiger partial charge in [-0.2, -0.15) is 20.1 Å². The molecule has 2 aromatic heterocycles. The molecule has 36 heavy (non-hydrogen) atoms. The maximum Gasteiger partial charge on any atom is 0.573 e. The number of halogens is 4. The van der Waals surface area contributed by atoms with E-state index in [2.05, 4.69) is 30.1 Å². The molecule has 3 heterocycles. The van der Waals surface area contributed by atoms with Crippen molar-refractivity contribution in [3.63, 3.8) is 0 Å². The number of rotatable bonds is 5. The molecule has 0 bridgehead atoms. The number of aromatic nitrogens is 6. The summed E-state index contributed by atoms with van der Waals surface area (Å²) in [7, 11) is 0. The Balaban J connectivity index is 1.47. The van der Waals surface area contributed by atoms with Crippen LogP contribution in [-0.2, 0) is 0 Å². The van der Waals surface area contributed by atoms with Crippen molar-refractivity contribution in [1.82, 2.24) is 35.1 Å². The second-order valence-electron chi connectivity index (χ2n) is 8.18. The van der Waals surface area contributed by atoms with Gasteiger partial charge in [-0.3, -0.25) is 9.89 Å². The summed E-state index contributed by atoms with van der Waals surface area (Å²) in [6.07, 6.45) is -0.550. The van der Waals surface area contributed by atoms with Crippen molar-refractivity contribution >= 4 is 17.5 Å². The van der Waals surface area contributed by atoms with Crippen molar-refractivity contribution in [3.05, 3.63) is 70.8 Å². The molecule has 4 aromatic rings. The highest BCUT2D eigenvalue weighted by molar-refractivity contribution is 6.31. The molecule has 0 unspecified atom stereocenters. The molecule has 1 fully saturated rings. The fraction of sp³-hybridized carbons (Fsp3) is 0.261. The number of carbonyl (C=O) groups excluding carboxylic acids is 1. The Hall–Kier alpha value is -3.93. The van der Waals surface area contributed by atoms with Crippen LogP contribution < -0.4 is 4.74 Å². The van der Waals surface area contributed by atoms with Gasteiger partial charge in [0.2, 0.25) is 0 Å². The largest absolute Gasteiger partial charge is 0.573 e. The standard InChI is InChI=1S/C23H19ClF3N7O2/c1-13-11-18(34-28-8-9-29-34)15(12-16(13)24)22(35)33-10-4-6-17(33)21-30-20(31-32-21)14-5-2-3-7-19(14)36-23(25,26)27/h2-3,5,7-9,11-12,17H,4,6,10H2,1H3,(H,30,31,32)/t17-/m0/s1. The van der Waals surface area contributed by atoms with E-state index in [0.29, 0.717) is 41.5 Å². The van der Waals surface area contributed by atoms with E-state index in [-0.39, 0.29) is 17.3 Å². The number of carbonyl (C=O) groups is 1. The zero-order valence-electron chi connectivity index (χ0n) is 18.8. The van der Waals surface area contributed by atoms with Crippen molar-refractivity contribution < 1.29 is 22.7 Å². The number of nitrogens with one attached hydrogen (secondary N) is 1. The Morgan fingerprint density at radius 3 is 2.69 bits per heavy atom. The van der Waals surface area contributed by atoms with Crippen LogP contribution in [0.25, 0.3) is 17.1 Å². The molecule has 5 rings (SSSR count). The van der Waals surface area contributed by atoms with E-state index in [4.69, 9.17) is 11.6 Å². The Bertz CT molecular complexity index is 1410. The molecule has 0 radical (unpaired) electrons. The maximum atomic E-state index is 13.7. The van der Waals surface area contributed by atoms with Crippen LogP contribution in [0, 0.1) is 6.92 Å². The van der Waals surface area contributed by atoms with Crippen molar-refractivity contribution in [1.29, 1.82) is 0 Å². The molecular weight excluding hydrogens is 499 g/mol. The van der Waals surface area contributed by atoms with Crippen molar-refractivity contribution in [2.24, 2.45) is 0 Å². The average molecular weight is 518 g/mol. The first-order chi connectivity index (χ1) is 17.2. The molecule has 0 saturated carbocycles. The quantitative estimate of drug-likeness (QED) is 0.404. The lowest BCUT2D eigenvalue weighted by Crippen LogP contribution is -2.32. The number of para-hydroxylation sites is 1. The monoisotopic (exact) mass is 517 g/mol. The van der Waals surface area contributed by atoms with Crippen molar-refractivity contribution in [2.75, 3.05) is 6.54 Å². The molecule has 0 aliphatic carbocycles. The molecule has 1 amide bonds. The van der Waals surface area contributed by atoms with Crippen LogP contribution in [0.5, 0.6) is 5.75 Å². The number of benzene rings is 2. The minimum atomic E-state index is -4.86. The molecule has 186 valence electrons. The summed E-state index contributed by atoms with van der Waals surface area (Å²) >= 11 is 6.34. The summed E-state index contributed by atoms with van der Waals surface area (Å²) in [5.74, 6) is -0.329. The van der Waals surface area contributed by atoms with Crippen LogP contribution in [0.1, 0.15) is 40.6 Å². The molecular formula is C23H19ClF3N7O2. The Labute approximate surface area is 207 Å². The second-order valence-corrected chi connectivity index (χ2v) is 8.59. The number of alkyl halides is 3. The molecule has 1 aliphatic heterocycles. The maximum absolute atomic E-state index is 13.7. The van der Waals surface area contributed by atoms with Crippen LogP contribution in [-0.4, -0.2) is 53.9 Å². The molecule has 1 saturated heterocycles. The number of hydrogen-bond acceptors (Lipinski definition) is 6. The summed E-state index contributed by atoms with van der Waals surface area (Å²) in [4.78, 5) is 21.1. The molecule has 0 spiro atoms. The van der Waals surface area contributed by atoms with Gasteiger partial charge in [0.05, 0.1) is 35.2 Å². The third kappa shape index (κ3) is 4.63. The van der Waals surface area contributed by atoms with E-state index in [0.717, 1.165) is 5.56 Å². The fourth-order valence-corrected chi connectivity index (χ4v) is 4.36. The minimum absolute atomic E-state index is 0.0314. The van der Waals surface area contributed by atoms with Crippen LogP contribution in [0.3, 0.4) is 0 Å². The average Bonchev–Trinajstić information content (AvgIpc) is 3.60. The number of aryl methyl sites for hydroxylation is 1. The summed E-state index contributed by atoms with van der Waals surface area (Å²) in [6, 6.07) is 8.47. The van der Waals surface area contributed by atoms with E-state index in [9.17, 15) is 18.0 Å². The number of likely N-dealkylation sites (tertiary alicyclic amines) is 1. The van der Waals surface area contributed by atoms with Gasteiger partial charge < -0.3 is 9.64 Å². The third-order valence-electron chi connectivity index (χ3n) is 5.83. The molecule has 9 nitrogen and oxygen atoms in total. The van der Waals surface area contributed by atoms with Gasteiger partial charge in [0, 0.05) is 11.6 Å². The van der Waals surface area contributed by atoms with Crippen molar-refractivity contribution in [2.45, 2.75) is 32.2 Å². The van der Waals surface area contributed by atoms with Crippen LogP contribution >= 0.6 is 11.6 Å². The van der Waals surface area contributed by atoms with Gasteiger partial charge in [0.25, 0.3) is 5.91 Å². The van der Waals surface area contributed by atoms with Gasteiger partial charge in [0.1, 0.15) is 11.6 Å². The summed E-state index contributed by atoms with van der Waals surface area (Å²) in [5, 5.41) is 15.6. The Morgan fingerprint density at radius 2 is 1.94 bits per heavy atom. The first-order valence-corrected chi connectivity index (χ1v) is 11.3. The number of hydrogen-bond donors (Lipinski definition) is 1. The smallest absolute Gasteiger partial charge is 0.405 e. The Morgan fingerprint density at radius 1 is 1.19 bits per heavy atom. The van der Waals surface area contributed by atoms with E-state index >= 15 is 0 Å². The zero-order valence-corrected chi connectivity index (χ0v) is 19.6. The molecule has 1 N–H and O–H groups in total. The summed E-state index contributed by atoms with van der Waals surface area (Å²) in [5.41, 5.74) is 1.63. The van der Waals surface area contributed by atoms with Crippen molar-refractivity contribution in [3.8, 4) is 22.8 Å². The van der Waals surface area contributed by atoms with E-state index in [1.54, 1.807) is 23.1 Å². The predicted octanol–water partition coefficient (Wildman–Crippen LogP) is 4.89. The molecule has 13 heteroatoms. The summed E-state index contributed by atoms with van der Waals surface area (Å²) in [6.45, 7) is 2.27. The van der Waals surface area contributed by atoms with Crippen LogP contribution in [0.2, 0.25) is 5.02 Å². The molecule has 2 aromatic carbocycles. The van der Waals surface area contributed by atoms with Gasteiger partial charge in [-0.05, 0) is 49.6 Å². The number of nitrogens with zero attached hydrogens (tertiary/aromatic N) is 6. The second kappa shape index (κ2) is 9.26. The van der Waals surface area contributed by atoms with Gasteiger partial charge >= 0.3 is 6.36 Å². The number of amides is 1. The number of ether oxygens (including phenoxy) is 1. The highest BCUT2D eigenvalue weighted by atomic mass is 35.5. The normalized spacial score (nSPS) is 15.9. The first kappa shape index (κ1) is 23.8. The van der Waals surface area contributed by atoms with Crippen LogP contribution in [0.4, 0.5) is 13.2 Å². The summed E-state index contributed by atoms with van der Waals surface area (Å²) < 4.78 is 42.6.